The predicted octanol–water partition coefficient (Wildman–Crippen LogP) is 2.94. The molecule has 1 aromatic heterocycles. The third kappa shape index (κ3) is 1.63. The van der Waals surface area contributed by atoms with Crippen molar-refractivity contribution in [2.75, 3.05) is 7.11 Å². The quantitative estimate of drug-likeness (QED) is 0.445. The molecular weight excluding hydrogens is 308 g/mol. The van der Waals surface area contributed by atoms with Crippen molar-refractivity contribution in [3.05, 3.63) is 40.5 Å². The molecule has 2 aromatic carbocycles. The highest BCUT2D eigenvalue weighted by atomic mass is 16.5. The normalized spacial score (nSPS) is 14.1. The molecule has 0 unspecified atom stereocenters. The lowest BCUT2D eigenvalue weighted by molar-refractivity contribution is 0.0653. The van der Waals surface area contributed by atoms with E-state index in [0.717, 1.165) is 10.8 Å². The smallest absolute Gasteiger partial charge is 0.276 e. The Kier molecular flexibility index (Phi) is 2.95. The van der Waals surface area contributed by atoms with Gasteiger partial charge in [-0.3, -0.25) is 9.59 Å². The van der Waals surface area contributed by atoms with Crippen molar-refractivity contribution in [3.8, 4) is 5.75 Å². The zero-order valence-corrected chi connectivity index (χ0v) is 13.6. The Balaban J connectivity index is 2.21. The molecular formula is C18H16N2O4. The standard InChI is InChI=1S/C18H16N2O4/c1-4-10-15-14(17(21)20(19)18(15)22)8(2)13-11-6-5-9(23-3)7-12(11)24-16(10)13/h5-7H,4,19H2,1-3H3. The highest BCUT2D eigenvalue weighted by molar-refractivity contribution is 6.26. The molecule has 0 saturated heterocycles. The van der Waals surface area contributed by atoms with Crippen LogP contribution in [0.25, 0.3) is 21.9 Å². The van der Waals surface area contributed by atoms with E-state index >= 15 is 0 Å². The number of hydrogen-bond acceptors (Lipinski definition) is 5. The lowest BCUT2D eigenvalue weighted by Gasteiger charge is -2.08. The van der Waals surface area contributed by atoms with Gasteiger partial charge in [0.25, 0.3) is 11.8 Å². The molecule has 0 fully saturated rings. The second-order valence-corrected chi connectivity index (χ2v) is 5.86. The van der Waals surface area contributed by atoms with E-state index in [2.05, 4.69) is 0 Å². The van der Waals surface area contributed by atoms with Gasteiger partial charge in [0.1, 0.15) is 16.9 Å². The monoisotopic (exact) mass is 324 g/mol. The van der Waals surface area contributed by atoms with Crippen molar-refractivity contribution in [2.45, 2.75) is 20.3 Å². The first-order valence-electron chi connectivity index (χ1n) is 7.68. The van der Waals surface area contributed by atoms with Gasteiger partial charge in [-0.1, -0.05) is 6.92 Å². The van der Waals surface area contributed by atoms with Gasteiger partial charge in [-0.2, -0.15) is 0 Å². The number of benzene rings is 2. The van der Waals surface area contributed by atoms with Gasteiger partial charge in [-0.25, -0.2) is 10.9 Å². The second kappa shape index (κ2) is 4.82. The number of hydrazine groups is 1. The number of carbonyl (C=O) groups is 2. The molecule has 6 nitrogen and oxygen atoms in total. The van der Waals surface area contributed by atoms with Crippen molar-refractivity contribution in [1.82, 2.24) is 5.01 Å². The van der Waals surface area contributed by atoms with E-state index in [1.807, 2.05) is 26.0 Å². The van der Waals surface area contributed by atoms with Crippen molar-refractivity contribution in [2.24, 2.45) is 5.84 Å². The van der Waals surface area contributed by atoms with Crippen LogP contribution in [0.2, 0.25) is 0 Å². The van der Waals surface area contributed by atoms with Crippen LogP contribution in [0.4, 0.5) is 0 Å². The third-order valence-electron chi connectivity index (χ3n) is 4.69. The highest BCUT2D eigenvalue weighted by Crippen LogP contribution is 2.41. The number of carbonyl (C=O) groups excluding carboxylic acids is 2. The summed E-state index contributed by atoms with van der Waals surface area (Å²) in [6.45, 7) is 3.75. The van der Waals surface area contributed by atoms with Crippen molar-refractivity contribution in [3.63, 3.8) is 0 Å². The molecule has 3 aromatic rings. The third-order valence-corrected chi connectivity index (χ3v) is 4.69. The Morgan fingerprint density at radius 3 is 2.58 bits per heavy atom. The van der Waals surface area contributed by atoms with Crippen LogP contribution in [0, 0.1) is 6.92 Å². The summed E-state index contributed by atoms with van der Waals surface area (Å²) in [4.78, 5) is 24.8. The minimum Gasteiger partial charge on any atom is -0.497 e. The zero-order chi connectivity index (χ0) is 17.2. The number of fused-ring (bicyclic) bond motifs is 4. The fraction of sp³-hybridized carbons (Fsp3) is 0.222. The van der Waals surface area contributed by atoms with E-state index in [1.54, 1.807) is 13.2 Å². The summed E-state index contributed by atoms with van der Waals surface area (Å²) < 4.78 is 11.3. The molecule has 0 spiro atoms. The molecule has 0 atom stereocenters. The fourth-order valence-corrected chi connectivity index (χ4v) is 3.54. The number of aryl methyl sites for hydroxylation is 2. The topological polar surface area (TPSA) is 85.8 Å². The number of imide groups is 1. The average molecular weight is 324 g/mol. The molecule has 6 heteroatoms. The Hall–Kier alpha value is -2.86. The minimum absolute atomic E-state index is 0.362. The van der Waals surface area contributed by atoms with Gasteiger partial charge >= 0.3 is 0 Å². The molecule has 0 saturated carbocycles. The molecule has 0 bridgehead atoms. The predicted molar refractivity (Wildman–Crippen MR) is 89.1 cm³/mol. The van der Waals surface area contributed by atoms with Crippen LogP contribution in [0.3, 0.4) is 0 Å². The van der Waals surface area contributed by atoms with Gasteiger partial charge in [-0.05, 0) is 31.0 Å². The van der Waals surface area contributed by atoms with E-state index in [1.165, 1.54) is 0 Å². The molecule has 4 rings (SSSR count). The Labute approximate surface area is 137 Å². The number of rotatable bonds is 2. The maximum absolute atomic E-state index is 12.4. The first-order chi connectivity index (χ1) is 11.5. The number of methoxy groups -OCH3 is 1. The van der Waals surface area contributed by atoms with Crippen LogP contribution >= 0.6 is 0 Å². The van der Waals surface area contributed by atoms with E-state index < -0.39 is 11.8 Å². The maximum Gasteiger partial charge on any atom is 0.276 e. The lowest BCUT2D eigenvalue weighted by atomic mass is 9.92. The van der Waals surface area contributed by atoms with Gasteiger partial charge in [0, 0.05) is 22.4 Å². The summed E-state index contributed by atoms with van der Waals surface area (Å²) in [6.07, 6.45) is 0.558. The summed E-state index contributed by atoms with van der Waals surface area (Å²) in [5.74, 6) is 5.38. The van der Waals surface area contributed by atoms with Crippen molar-refractivity contribution < 1.29 is 18.7 Å². The summed E-state index contributed by atoms with van der Waals surface area (Å²) in [5, 5.41) is 2.41. The van der Waals surface area contributed by atoms with Gasteiger partial charge in [-0.15, -0.1) is 0 Å². The number of furan rings is 1. The molecule has 2 amide bonds. The Morgan fingerprint density at radius 1 is 1.21 bits per heavy atom. The SMILES string of the molecule is CCc1c2c(c(C)c3c1oc1cc(OC)ccc13)C(=O)N(N)C2=O. The molecule has 0 aliphatic carbocycles. The first-order valence-corrected chi connectivity index (χ1v) is 7.68. The van der Waals surface area contributed by atoms with Crippen LogP contribution in [0.1, 0.15) is 38.8 Å². The molecule has 1 aliphatic rings. The number of ether oxygens (including phenoxy) is 1. The van der Waals surface area contributed by atoms with E-state index in [0.29, 0.717) is 50.6 Å². The molecule has 0 radical (unpaired) electrons. The van der Waals surface area contributed by atoms with Crippen LogP contribution in [0.15, 0.2) is 22.6 Å². The maximum atomic E-state index is 12.4. The zero-order valence-electron chi connectivity index (χ0n) is 13.6. The highest BCUT2D eigenvalue weighted by Gasteiger charge is 2.39. The van der Waals surface area contributed by atoms with Crippen LogP contribution in [0.5, 0.6) is 5.75 Å². The summed E-state index contributed by atoms with van der Waals surface area (Å²) in [5.41, 5.74) is 3.47. The van der Waals surface area contributed by atoms with Gasteiger partial charge in [0.2, 0.25) is 0 Å². The number of nitrogens with zero attached hydrogens (tertiary/aromatic N) is 1. The molecule has 122 valence electrons. The van der Waals surface area contributed by atoms with Crippen LogP contribution in [-0.4, -0.2) is 23.9 Å². The van der Waals surface area contributed by atoms with Crippen LogP contribution in [-0.2, 0) is 6.42 Å². The largest absolute Gasteiger partial charge is 0.497 e. The van der Waals surface area contributed by atoms with Gasteiger partial charge in [0.15, 0.2) is 0 Å². The summed E-state index contributed by atoms with van der Waals surface area (Å²) in [7, 11) is 1.59. The average Bonchev–Trinajstić information content (AvgIpc) is 3.07. The fourth-order valence-electron chi connectivity index (χ4n) is 3.54. The lowest BCUT2D eigenvalue weighted by Crippen LogP contribution is -2.36. The molecule has 2 N–H and O–H groups in total. The van der Waals surface area contributed by atoms with Crippen molar-refractivity contribution in [1.29, 1.82) is 0 Å². The molecule has 2 heterocycles. The molecule has 1 aliphatic heterocycles. The Bertz CT molecular complexity index is 1050. The number of amides is 2. The summed E-state index contributed by atoms with van der Waals surface area (Å²) in [6, 6.07) is 5.55. The molecule has 24 heavy (non-hydrogen) atoms. The summed E-state index contributed by atoms with van der Waals surface area (Å²) >= 11 is 0. The van der Waals surface area contributed by atoms with Crippen molar-refractivity contribution >= 4 is 33.8 Å². The second-order valence-electron chi connectivity index (χ2n) is 5.86. The van der Waals surface area contributed by atoms with E-state index in [-0.39, 0.29) is 0 Å². The number of nitrogens with two attached hydrogens (primary N) is 1. The van der Waals surface area contributed by atoms with E-state index in [9.17, 15) is 9.59 Å². The van der Waals surface area contributed by atoms with Crippen LogP contribution < -0.4 is 10.6 Å². The van der Waals surface area contributed by atoms with Gasteiger partial charge in [0.05, 0.1) is 18.2 Å². The first kappa shape index (κ1) is 14.7. The Morgan fingerprint density at radius 2 is 1.92 bits per heavy atom. The van der Waals surface area contributed by atoms with Gasteiger partial charge < -0.3 is 9.15 Å². The number of hydrogen-bond donors (Lipinski definition) is 1. The minimum atomic E-state index is -0.477. The van der Waals surface area contributed by atoms with E-state index in [4.69, 9.17) is 15.0 Å².